The summed E-state index contributed by atoms with van der Waals surface area (Å²) >= 11 is 0. The molecule has 1 aromatic carbocycles. The van der Waals surface area contributed by atoms with E-state index in [1.165, 1.54) is 0 Å². The summed E-state index contributed by atoms with van der Waals surface area (Å²) in [7, 11) is -3.36. The van der Waals surface area contributed by atoms with Gasteiger partial charge in [0, 0.05) is 6.04 Å². The Balaban J connectivity index is 2.20. The van der Waals surface area contributed by atoms with E-state index < -0.39 is 10.0 Å². The van der Waals surface area contributed by atoms with Gasteiger partial charge in [0.15, 0.2) is 0 Å². The molecule has 2 rings (SSSR count). The van der Waals surface area contributed by atoms with Crippen LogP contribution in [-0.4, -0.2) is 14.5 Å². The second-order valence-electron chi connectivity index (χ2n) is 5.51. The van der Waals surface area contributed by atoms with E-state index in [1.54, 1.807) is 6.07 Å². The molecule has 1 fully saturated rings. The lowest BCUT2D eigenvalue weighted by molar-refractivity contribution is 0.538. The molecule has 2 unspecified atom stereocenters. The number of nitrogens with one attached hydrogen (secondary N) is 1. The highest BCUT2D eigenvalue weighted by Crippen LogP contribution is 2.26. The lowest BCUT2D eigenvalue weighted by Crippen LogP contribution is -2.33. The van der Waals surface area contributed by atoms with Gasteiger partial charge in [0.2, 0.25) is 10.0 Å². The van der Waals surface area contributed by atoms with Crippen LogP contribution in [0.4, 0.5) is 0 Å². The Labute approximate surface area is 110 Å². The van der Waals surface area contributed by atoms with E-state index in [0.717, 1.165) is 30.4 Å². The average molecular weight is 267 g/mol. The fraction of sp³-hybridized carbons (Fsp3) is 0.571. The monoisotopic (exact) mass is 267 g/mol. The van der Waals surface area contributed by atoms with Crippen molar-refractivity contribution in [3.05, 3.63) is 29.3 Å². The van der Waals surface area contributed by atoms with E-state index in [1.807, 2.05) is 26.0 Å². The Bertz CT molecular complexity index is 537. The lowest BCUT2D eigenvalue weighted by Gasteiger charge is -2.14. The first kappa shape index (κ1) is 13.6. The van der Waals surface area contributed by atoms with Crippen molar-refractivity contribution in [2.24, 2.45) is 5.92 Å². The van der Waals surface area contributed by atoms with Crippen LogP contribution < -0.4 is 4.72 Å². The molecule has 0 amide bonds. The van der Waals surface area contributed by atoms with Crippen LogP contribution in [0.25, 0.3) is 0 Å². The number of hydrogen-bond acceptors (Lipinski definition) is 2. The van der Waals surface area contributed by atoms with Crippen LogP contribution >= 0.6 is 0 Å². The predicted molar refractivity (Wildman–Crippen MR) is 73.0 cm³/mol. The molecule has 0 aromatic heterocycles. The first-order valence-electron chi connectivity index (χ1n) is 6.48. The third-order valence-electron chi connectivity index (χ3n) is 3.64. The van der Waals surface area contributed by atoms with E-state index in [9.17, 15) is 8.42 Å². The van der Waals surface area contributed by atoms with Crippen LogP contribution in [0, 0.1) is 19.8 Å². The smallest absolute Gasteiger partial charge is 0.208 e. The fourth-order valence-corrected chi connectivity index (χ4v) is 4.21. The minimum Gasteiger partial charge on any atom is -0.208 e. The van der Waals surface area contributed by atoms with Crippen molar-refractivity contribution in [2.75, 3.05) is 0 Å². The van der Waals surface area contributed by atoms with Crippen molar-refractivity contribution in [3.63, 3.8) is 0 Å². The second kappa shape index (κ2) is 5.02. The number of hydrogen-bond donors (Lipinski definition) is 1. The predicted octanol–water partition coefficient (Wildman–Crippen LogP) is 2.77. The van der Waals surface area contributed by atoms with Gasteiger partial charge >= 0.3 is 0 Å². The zero-order chi connectivity index (χ0) is 13.3. The molecule has 3 nitrogen and oxygen atoms in total. The van der Waals surface area contributed by atoms with Gasteiger partial charge in [0.05, 0.1) is 4.90 Å². The van der Waals surface area contributed by atoms with Gasteiger partial charge in [-0.1, -0.05) is 24.6 Å². The summed E-state index contributed by atoms with van der Waals surface area (Å²) in [6.45, 7) is 5.99. The second-order valence-corrected chi connectivity index (χ2v) is 7.19. The summed E-state index contributed by atoms with van der Waals surface area (Å²) < 4.78 is 27.5. The standard InChI is InChI=1S/C14H21NO2S/c1-10-5-7-14(12(3)8-10)18(16,17)15-13-6-4-11(2)9-13/h5,7-8,11,13,15H,4,6,9H2,1-3H3. The Morgan fingerprint density at radius 2 is 1.94 bits per heavy atom. The highest BCUT2D eigenvalue weighted by molar-refractivity contribution is 7.89. The zero-order valence-corrected chi connectivity index (χ0v) is 12.0. The van der Waals surface area contributed by atoms with E-state index >= 15 is 0 Å². The maximum Gasteiger partial charge on any atom is 0.241 e. The van der Waals surface area contributed by atoms with Crippen LogP contribution in [0.1, 0.15) is 37.3 Å². The van der Waals surface area contributed by atoms with Crippen LogP contribution in [0.3, 0.4) is 0 Å². The number of sulfonamides is 1. The van der Waals surface area contributed by atoms with Crippen molar-refractivity contribution in [2.45, 2.75) is 51.0 Å². The van der Waals surface area contributed by atoms with Gasteiger partial charge in [0.25, 0.3) is 0 Å². The topological polar surface area (TPSA) is 46.2 Å². The van der Waals surface area contributed by atoms with Gasteiger partial charge in [-0.2, -0.15) is 0 Å². The molecular weight excluding hydrogens is 246 g/mol. The third-order valence-corrected chi connectivity index (χ3v) is 5.32. The summed E-state index contributed by atoms with van der Waals surface area (Å²) in [5.74, 6) is 0.622. The summed E-state index contributed by atoms with van der Waals surface area (Å²) in [5.41, 5.74) is 1.90. The van der Waals surface area contributed by atoms with Gasteiger partial charge in [-0.15, -0.1) is 0 Å². The Morgan fingerprint density at radius 1 is 1.22 bits per heavy atom. The molecule has 0 heterocycles. The molecule has 1 aliphatic carbocycles. The molecule has 18 heavy (non-hydrogen) atoms. The highest BCUT2D eigenvalue weighted by atomic mass is 32.2. The van der Waals surface area contributed by atoms with Gasteiger partial charge in [-0.05, 0) is 50.7 Å². The zero-order valence-electron chi connectivity index (χ0n) is 11.2. The van der Waals surface area contributed by atoms with E-state index in [4.69, 9.17) is 0 Å². The molecule has 4 heteroatoms. The lowest BCUT2D eigenvalue weighted by atomic mass is 10.1. The third kappa shape index (κ3) is 2.93. The van der Waals surface area contributed by atoms with Gasteiger partial charge in [0.1, 0.15) is 0 Å². The molecule has 1 N–H and O–H groups in total. The van der Waals surface area contributed by atoms with Crippen molar-refractivity contribution >= 4 is 10.0 Å². The van der Waals surface area contributed by atoms with Crippen LogP contribution in [0.2, 0.25) is 0 Å². The molecular formula is C14H21NO2S. The summed E-state index contributed by atoms with van der Waals surface area (Å²) in [4.78, 5) is 0.410. The number of aryl methyl sites for hydroxylation is 2. The molecule has 1 aliphatic rings. The quantitative estimate of drug-likeness (QED) is 0.915. The van der Waals surface area contributed by atoms with Crippen LogP contribution in [-0.2, 0) is 10.0 Å². The minimum absolute atomic E-state index is 0.103. The van der Waals surface area contributed by atoms with E-state index in [2.05, 4.69) is 11.6 Å². The maximum absolute atomic E-state index is 12.3. The average Bonchev–Trinajstić information content (AvgIpc) is 2.62. The van der Waals surface area contributed by atoms with Crippen LogP contribution in [0.5, 0.6) is 0 Å². The molecule has 1 saturated carbocycles. The highest BCUT2D eigenvalue weighted by Gasteiger charge is 2.27. The van der Waals surface area contributed by atoms with Gasteiger partial charge in [-0.3, -0.25) is 0 Å². The summed E-state index contributed by atoms with van der Waals surface area (Å²) in [6.07, 6.45) is 3.01. The molecule has 0 radical (unpaired) electrons. The first-order chi connectivity index (χ1) is 8.38. The number of rotatable bonds is 3. The first-order valence-corrected chi connectivity index (χ1v) is 7.96. The normalized spacial score (nSPS) is 24.4. The molecule has 2 atom stereocenters. The van der Waals surface area contributed by atoms with Crippen molar-refractivity contribution in [3.8, 4) is 0 Å². The summed E-state index contributed by atoms with van der Waals surface area (Å²) in [6, 6.07) is 5.56. The Kier molecular flexibility index (Phi) is 3.78. The van der Waals surface area contributed by atoms with Gasteiger partial charge in [-0.25, -0.2) is 13.1 Å². The molecule has 100 valence electrons. The van der Waals surface area contributed by atoms with Crippen LogP contribution in [0.15, 0.2) is 23.1 Å². The Morgan fingerprint density at radius 3 is 2.50 bits per heavy atom. The minimum atomic E-state index is -3.36. The largest absolute Gasteiger partial charge is 0.241 e. The fourth-order valence-electron chi connectivity index (χ4n) is 2.70. The summed E-state index contributed by atoms with van der Waals surface area (Å²) in [5, 5.41) is 0. The number of benzene rings is 1. The van der Waals surface area contributed by atoms with Crippen molar-refractivity contribution in [1.29, 1.82) is 0 Å². The van der Waals surface area contributed by atoms with Gasteiger partial charge < -0.3 is 0 Å². The van der Waals surface area contributed by atoms with E-state index in [-0.39, 0.29) is 6.04 Å². The molecule has 0 spiro atoms. The van der Waals surface area contributed by atoms with E-state index in [0.29, 0.717) is 10.8 Å². The van der Waals surface area contributed by atoms with Crippen molar-refractivity contribution < 1.29 is 8.42 Å². The molecule has 1 aromatic rings. The van der Waals surface area contributed by atoms with Crippen molar-refractivity contribution in [1.82, 2.24) is 4.72 Å². The molecule has 0 aliphatic heterocycles. The maximum atomic E-state index is 12.3. The molecule has 0 saturated heterocycles. The SMILES string of the molecule is Cc1ccc(S(=O)(=O)NC2CCC(C)C2)c(C)c1. The Hall–Kier alpha value is -0.870. The molecule has 0 bridgehead atoms.